The highest BCUT2D eigenvalue weighted by molar-refractivity contribution is 5.26. The van der Waals surface area contributed by atoms with E-state index in [-0.39, 0.29) is 12.4 Å². The first-order valence-corrected chi connectivity index (χ1v) is 5.03. The number of phenols is 1. The summed E-state index contributed by atoms with van der Waals surface area (Å²) in [5, 5.41) is 18.3. The average molecular weight is 210 g/mol. The Hall–Kier alpha value is -1.06. The Kier molecular flexibility index (Phi) is 4.12. The molecule has 1 atom stereocenters. The van der Waals surface area contributed by atoms with Gasteiger partial charge in [-0.15, -0.1) is 0 Å². The van der Waals surface area contributed by atoms with Crippen LogP contribution in [0.3, 0.4) is 0 Å². The molecule has 0 aliphatic heterocycles. The van der Waals surface area contributed by atoms with Gasteiger partial charge in [-0.1, -0.05) is 12.1 Å². The minimum Gasteiger partial charge on any atom is -0.508 e. The average Bonchev–Trinajstić information content (AvgIpc) is 2.28. The highest BCUT2D eigenvalue weighted by atomic mass is 16.5. The standard InChI is InChI=1S/C12H18O3/c1-12(9-13,15-2)8-7-10-3-5-11(14)6-4-10/h3-6,13-14H,7-9H2,1-2H3. The molecule has 15 heavy (non-hydrogen) atoms. The van der Waals surface area contributed by atoms with Gasteiger partial charge in [0.05, 0.1) is 12.2 Å². The van der Waals surface area contributed by atoms with E-state index in [1.807, 2.05) is 19.1 Å². The summed E-state index contributed by atoms with van der Waals surface area (Å²) in [4.78, 5) is 0. The number of aryl methyl sites for hydroxylation is 1. The first-order chi connectivity index (χ1) is 7.09. The number of phenolic OH excluding ortho intramolecular Hbond substituents is 1. The molecule has 1 aromatic carbocycles. The van der Waals surface area contributed by atoms with E-state index in [1.165, 1.54) is 0 Å². The fourth-order valence-electron chi connectivity index (χ4n) is 1.32. The number of ether oxygens (including phenoxy) is 1. The molecule has 0 saturated heterocycles. The number of methoxy groups -OCH3 is 1. The molecule has 0 fully saturated rings. The Morgan fingerprint density at radius 2 is 1.87 bits per heavy atom. The molecule has 0 aromatic heterocycles. The van der Waals surface area contributed by atoms with Crippen molar-refractivity contribution >= 4 is 0 Å². The van der Waals surface area contributed by atoms with Crippen LogP contribution in [-0.4, -0.2) is 29.5 Å². The first kappa shape index (κ1) is 12.0. The molecule has 0 amide bonds. The molecule has 0 bridgehead atoms. The van der Waals surface area contributed by atoms with Crippen LogP contribution >= 0.6 is 0 Å². The second-order valence-electron chi connectivity index (χ2n) is 3.98. The molecule has 84 valence electrons. The van der Waals surface area contributed by atoms with Crippen molar-refractivity contribution in [3.63, 3.8) is 0 Å². The van der Waals surface area contributed by atoms with E-state index in [9.17, 15) is 0 Å². The van der Waals surface area contributed by atoms with Gasteiger partial charge in [-0.05, 0) is 37.5 Å². The van der Waals surface area contributed by atoms with Crippen LogP contribution in [0.15, 0.2) is 24.3 Å². The van der Waals surface area contributed by atoms with E-state index >= 15 is 0 Å². The van der Waals surface area contributed by atoms with Crippen molar-refractivity contribution in [3.05, 3.63) is 29.8 Å². The van der Waals surface area contributed by atoms with Crippen LogP contribution in [0.2, 0.25) is 0 Å². The maximum atomic E-state index is 9.14. The van der Waals surface area contributed by atoms with Crippen LogP contribution in [0, 0.1) is 0 Å². The zero-order valence-electron chi connectivity index (χ0n) is 9.23. The summed E-state index contributed by atoms with van der Waals surface area (Å²) in [6.45, 7) is 1.90. The predicted molar refractivity (Wildman–Crippen MR) is 58.9 cm³/mol. The van der Waals surface area contributed by atoms with Crippen molar-refractivity contribution in [2.24, 2.45) is 0 Å². The van der Waals surface area contributed by atoms with Gasteiger partial charge in [-0.25, -0.2) is 0 Å². The maximum Gasteiger partial charge on any atom is 0.115 e. The molecule has 0 saturated carbocycles. The van der Waals surface area contributed by atoms with Crippen LogP contribution in [0.1, 0.15) is 18.9 Å². The molecule has 0 spiro atoms. The van der Waals surface area contributed by atoms with E-state index in [0.717, 1.165) is 18.4 Å². The number of aromatic hydroxyl groups is 1. The third-order valence-corrected chi connectivity index (χ3v) is 2.71. The molecular weight excluding hydrogens is 192 g/mol. The number of aliphatic hydroxyl groups excluding tert-OH is 1. The summed E-state index contributed by atoms with van der Waals surface area (Å²) in [5.41, 5.74) is 0.655. The van der Waals surface area contributed by atoms with E-state index in [4.69, 9.17) is 14.9 Å². The van der Waals surface area contributed by atoms with Crippen molar-refractivity contribution in [2.75, 3.05) is 13.7 Å². The molecule has 0 radical (unpaired) electrons. The Morgan fingerprint density at radius 3 is 2.33 bits per heavy atom. The molecule has 2 N–H and O–H groups in total. The fraction of sp³-hybridized carbons (Fsp3) is 0.500. The van der Waals surface area contributed by atoms with Gasteiger partial charge in [0.2, 0.25) is 0 Å². The van der Waals surface area contributed by atoms with E-state index in [0.29, 0.717) is 0 Å². The molecule has 3 nitrogen and oxygen atoms in total. The second kappa shape index (κ2) is 5.14. The molecular formula is C12H18O3. The van der Waals surface area contributed by atoms with E-state index in [2.05, 4.69) is 0 Å². The molecule has 3 heteroatoms. The summed E-state index contributed by atoms with van der Waals surface area (Å²) in [6, 6.07) is 7.09. The largest absolute Gasteiger partial charge is 0.508 e. The lowest BCUT2D eigenvalue weighted by molar-refractivity contribution is -0.0429. The number of hydrogen-bond acceptors (Lipinski definition) is 3. The van der Waals surface area contributed by atoms with Crippen molar-refractivity contribution in [2.45, 2.75) is 25.4 Å². The number of rotatable bonds is 5. The van der Waals surface area contributed by atoms with Gasteiger partial charge in [-0.3, -0.25) is 0 Å². The summed E-state index contributed by atoms with van der Waals surface area (Å²) in [5.74, 6) is 0.274. The van der Waals surface area contributed by atoms with Gasteiger partial charge < -0.3 is 14.9 Å². The molecule has 0 aliphatic rings. The lowest BCUT2D eigenvalue weighted by Crippen LogP contribution is -2.32. The Bertz CT molecular complexity index is 288. The van der Waals surface area contributed by atoms with Gasteiger partial charge in [0.15, 0.2) is 0 Å². The van der Waals surface area contributed by atoms with Crippen LogP contribution in [0.4, 0.5) is 0 Å². The highest BCUT2D eigenvalue weighted by Crippen LogP contribution is 2.18. The summed E-state index contributed by atoms with van der Waals surface area (Å²) < 4.78 is 5.23. The van der Waals surface area contributed by atoms with Crippen LogP contribution in [0.25, 0.3) is 0 Å². The topological polar surface area (TPSA) is 49.7 Å². The molecule has 1 aromatic rings. The van der Waals surface area contributed by atoms with Crippen LogP contribution in [0.5, 0.6) is 5.75 Å². The van der Waals surface area contributed by atoms with Gasteiger partial charge >= 0.3 is 0 Å². The molecule has 0 heterocycles. The molecule has 1 unspecified atom stereocenters. The lowest BCUT2D eigenvalue weighted by Gasteiger charge is -2.25. The maximum absolute atomic E-state index is 9.14. The number of aliphatic hydroxyl groups is 1. The minimum atomic E-state index is -0.474. The second-order valence-corrected chi connectivity index (χ2v) is 3.98. The van der Waals surface area contributed by atoms with Crippen molar-refractivity contribution in [3.8, 4) is 5.75 Å². The summed E-state index contributed by atoms with van der Waals surface area (Å²) in [6.07, 6.45) is 1.58. The van der Waals surface area contributed by atoms with E-state index in [1.54, 1.807) is 19.2 Å². The SMILES string of the molecule is COC(C)(CO)CCc1ccc(O)cc1. The predicted octanol–water partition coefficient (Wildman–Crippen LogP) is 1.72. The normalized spacial score (nSPS) is 14.9. The molecule has 0 aliphatic carbocycles. The third kappa shape index (κ3) is 3.53. The van der Waals surface area contributed by atoms with Crippen molar-refractivity contribution in [1.82, 2.24) is 0 Å². The zero-order chi connectivity index (χ0) is 11.3. The third-order valence-electron chi connectivity index (χ3n) is 2.71. The van der Waals surface area contributed by atoms with Gasteiger partial charge in [0.25, 0.3) is 0 Å². The first-order valence-electron chi connectivity index (χ1n) is 5.03. The monoisotopic (exact) mass is 210 g/mol. The van der Waals surface area contributed by atoms with Crippen LogP contribution < -0.4 is 0 Å². The number of benzene rings is 1. The smallest absolute Gasteiger partial charge is 0.115 e. The fourth-order valence-corrected chi connectivity index (χ4v) is 1.32. The molecule has 1 rings (SSSR count). The van der Waals surface area contributed by atoms with Gasteiger partial charge in [-0.2, -0.15) is 0 Å². The summed E-state index contributed by atoms with van der Waals surface area (Å²) in [7, 11) is 1.60. The summed E-state index contributed by atoms with van der Waals surface area (Å²) >= 11 is 0. The van der Waals surface area contributed by atoms with Crippen LogP contribution in [-0.2, 0) is 11.2 Å². The Morgan fingerprint density at radius 1 is 1.27 bits per heavy atom. The van der Waals surface area contributed by atoms with Gasteiger partial charge in [0, 0.05) is 7.11 Å². The highest BCUT2D eigenvalue weighted by Gasteiger charge is 2.21. The van der Waals surface area contributed by atoms with E-state index < -0.39 is 5.60 Å². The lowest BCUT2D eigenvalue weighted by atomic mass is 9.97. The quantitative estimate of drug-likeness (QED) is 0.778. The van der Waals surface area contributed by atoms with Crippen molar-refractivity contribution < 1.29 is 14.9 Å². The minimum absolute atomic E-state index is 0.0155. The zero-order valence-corrected chi connectivity index (χ0v) is 9.23. The Labute approximate surface area is 90.3 Å². The number of hydrogen-bond donors (Lipinski definition) is 2. The van der Waals surface area contributed by atoms with Crippen molar-refractivity contribution in [1.29, 1.82) is 0 Å². The Balaban J connectivity index is 2.53. The van der Waals surface area contributed by atoms with Gasteiger partial charge in [0.1, 0.15) is 5.75 Å².